The monoisotopic (exact) mass is 253 g/mol. The molecule has 0 radical (unpaired) electrons. The summed E-state index contributed by atoms with van der Waals surface area (Å²) in [7, 11) is 0. The topological polar surface area (TPSA) is 21.3 Å². The summed E-state index contributed by atoms with van der Waals surface area (Å²) in [6.45, 7) is 12.5. The molecule has 2 saturated carbocycles. The van der Waals surface area contributed by atoms with Gasteiger partial charge in [-0.05, 0) is 44.4 Å². The third-order valence-corrected chi connectivity index (χ3v) is 5.58. The van der Waals surface area contributed by atoms with Gasteiger partial charge in [0.2, 0.25) is 0 Å². The van der Waals surface area contributed by atoms with Crippen LogP contribution in [-0.2, 0) is 4.74 Å². The Morgan fingerprint density at radius 1 is 1.11 bits per heavy atom. The second kappa shape index (κ2) is 5.50. The molecule has 18 heavy (non-hydrogen) atoms. The number of hydrogen-bond acceptors (Lipinski definition) is 2. The van der Waals surface area contributed by atoms with Crippen molar-refractivity contribution in [2.75, 3.05) is 6.61 Å². The molecule has 0 aromatic heterocycles. The smallest absolute Gasteiger partial charge is 0.0655 e. The van der Waals surface area contributed by atoms with Gasteiger partial charge in [0.1, 0.15) is 0 Å². The van der Waals surface area contributed by atoms with E-state index < -0.39 is 0 Å². The van der Waals surface area contributed by atoms with E-state index in [2.05, 4.69) is 39.9 Å². The molecule has 2 aliphatic rings. The summed E-state index contributed by atoms with van der Waals surface area (Å²) < 4.78 is 5.81. The van der Waals surface area contributed by atoms with Crippen LogP contribution in [0.4, 0.5) is 0 Å². The average Bonchev–Trinajstić information content (AvgIpc) is 2.32. The Labute approximate surface area is 113 Å². The van der Waals surface area contributed by atoms with Gasteiger partial charge in [-0.15, -0.1) is 0 Å². The van der Waals surface area contributed by atoms with Gasteiger partial charge in [0.05, 0.1) is 6.10 Å². The van der Waals surface area contributed by atoms with Crippen LogP contribution in [0.1, 0.15) is 60.3 Å². The number of nitrogens with one attached hydrogen (secondary N) is 1. The summed E-state index contributed by atoms with van der Waals surface area (Å²) in [5, 5.41) is 3.90. The van der Waals surface area contributed by atoms with Crippen molar-refractivity contribution >= 4 is 0 Å². The van der Waals surface area contributed by atoms with Crippen molar-refractivity contribution in [3.05, 3.63) is 0 Å². The lowest BCUT2D eigenvalue weighted by Crippen LogP contribution is -2.63. The maximum absolute atomic E-state index is 5.81. The molecule has 2 heteroatoms. The third-order valence-electron chi connectivity index (χ3n) is 5.58. The second-order valence-corrected chi connectivity index (χ2v) is 7.18. The molecule has 0 aliphatic heterocycles. The predicted octanol–water partition coefficient (Wildman–Crippen LogP) is 3.60. The molecule has 0 amide bonds. The molecule has 2 rings (SSSR count). The van der Waals surface area contributed by atoms with E-state index in [9.17, 15) is 0 Å². The number of ether oxygens (including phenoxy) is 1. The Hall–Kier alpha value is -0.0800. The molecule has 0 aromatic rings. The minimum absolute atomic E-state index is 0.308. The van der Waals surface area contributed by atoms with Crippen LogP contribution >= 0.6 is 0 Å². The lowest BCUT2D eigenvalue weighted by atomic mass is 9.64. The van der Waals surface area contributed by atoms with Gasteiger partial charge in [0.25, 0.3) is 0 Å². The molecule has 1 N–H and O–H groups in total. The SMILES string of the molecule is CCOC1CC(NC2CCC(C)C(C)C2)C1(C)C. The van der Waals surface area contributed by atoms with Crippen molar-refractivity contribution in [2.24, 2.45) is 17.3 Å². The number of hydrogen-bond donors (Lipinski definition) is 1. The quantitative estimate of drug-likeness (QED) is 0.826. The lowest BCUT2D eigenvalue weighted by molar-refractivity contribution is -0.117. The molecular weight excluding hydrogens is 222 g/mol. The average molecular weight is 253 g/mol. The highest BCUT2D eigenvalue weighted by Gasteiger charge is 2.49. The van der Waals surface area contributed by atoms with Gasteiger partial charge in [0, 0.05) is 24.1 Å². The van der Waals surface area contributed by atoms with E-state index in [0.29, 0.717) is 17.6 Å². The standard InChI is InChI=1S/C16H31NO/c1-6-18-15-10-14(16(15,4)5)17-13-8-7-11(2)12(3)9-13/h11-15,17H,6-10H2,1-5H3. The van der Waals surface area contributed by atoms with Crippen LogP contribution in [0.5, 0.6) is 0 Å². The van der Waals surface area contributed by atoms with Crippen LogP contribution in [0, 0.1) is 17.3 Å². The first-order valence-electron chi connectivity index (χ1n) is 7.82. The highest BCUT2D eigenvalue weighted by Crippen LogP contribution is 2.43. The van der Waals surface area contributed by atoms with E-state index in [1.165, 1.54) is 25.7 Å². The zero-order valence-corrected chi connectivity index (χ0v) is 12.8. The summed E-state index contributed by atoms with van der Waals surface area (Å²) in [4.78, 5) is 0. The molecule has 5 unspecified atom stereocenters. The van der Waals surface area contributed by atoms with Crippen LogP contribution in [0.25, 0.3) is 0 Å². The molecular formula is C16H31NO. The van der Waals surface area contributed by atoms with E-state index in [-0.39, 0.29) is 0 Å². The van der Waals surface area contributed by atoms with E-state index in [1.807, 2.05) is 0 Å². The fraction of sp³-hybridized carbons (Fsp3) is 1.00. The maximum atomic E-state index is 5.81. The van der Waals surface area contributed by atoms with Crippen LogP contribution in [0.15, 0.2) is 0 Å². The van der Waals surface area contributed by atoms with Crippen molar-refractivity contribution in [3.63, 3.8) is 0 Å². The zero-order valence-electron chi connectivity index (χ0n) is 12.8. The van der Waals surface area contributed by atoms with E-state index in [1.54, 1.807) is 0 Å². The Morgan fingerprint density at radius 3 is 2.39 bits per heavy atom. The molecule has 2 fully saturated rings. The molecule has 0 heterocycles. The van der Waals surface area contributed by atoms with Gasteiger partial charge in [-0.25, -0.2) is 0 Å². The van der Waals surface area contributed by atoms with Gasteiger partial charge in [-0.1, -0.05) is 27.7 Å². The third kappa shape index (κ3) is 2.75. The van der Waals surface area contributed by atoms with Crippen molar-refractivity contribution in [1.82, 2.24) is 5.32 Å². The molecule has 2 aliphatic carbocycles. The summed E-state index contributed by atoms with van der Waals surface area (Å²) in [5.74, 6) is 1.79. The highest BCUT2D eigenvalue weighted by atomic mass is 16.5. The van der Waals surface area contributed by atoms with E-state index >= 15 is 0 Å². The largest absolute Gasteiger partial charge is 0.378 e. The van der Waals surface area contributed by atoms with Gasteiger partial charge in [-0.3, -0.25) is 0 Å². The molecule has 106 valence electrons. The minimum Gasteiger partial charge on any atom is -0.378 e. The summed E-state index contributed by atoms with van der Waals surface area (Å²) in [5.41, 5.74) is 0.308. The Balaban J connectivity index is 1.81. The van der Waals surface area contributed by atoms with Gasteiger partial charge < -0.3 is 10.1 Å². The second-order valence-electron chi connectivity index (χ2n) is 7.18. The minimum atomic E-state index is 0.308. The maximum Gasteiger partial charge on any atom is 0.0655 e. The Kier molecular flexibility index (Phi) is 4.38. The molecule has 0 saturated heterocycles. The first-order chi connectivity index (χ1) is 8.45. The van der Waals surface area contributed by atoms with Gasteiger partial charge in [0.15, 0.2) is 0 Å². The van der Waals surface area contributed by atoms with Crippen LogP contribution < -0.4 is 5.32 Å². The molecule has 2 nitrogen and oxygen atoms in total. The molecule has 5 atom stereocenters. The van der Waals surface area contributed by atoms with Gasteiger partial charge in [-0.2, -0.15) is 0 Å². The van der Waals surface area contributed by atoms with Crippen molar-refractivity contribution in [1.29, 1.82) is 0 Å². The Morgan fingerprint density at radius 2 is 1.83 bits per heavy atom. The normalized spacial score (nSPS) is 43.5. The van der Waals surface area contributed by atoms with Crippen LogP contribution in [0.2, 0.25) is 0 Å². The van der Waals surface area contributed by atoms with Gasteiger partial charge >= 0.3 is 0 Å². The van der Waals surface area contributed by atoms with Crippen LogP contribution in [-0.4, -0.2) is 24.8 Å². The molecule has 0 bridgehead atoms. The van der Waals surface area contributed by atoms with E-state index in [0.717, 1.165) is 24.5 Å². The Bertz CT molecular complexity index is 276. The van der Waals surface area contributed by atoms with Crippen molar-refractivity contribution in [3.8, 4) is 0 Å². The lowest BCUT2D eigenvalue weighted by Gasteiger charge is -2.53. The van der Waals surface area contributed by atoms with Crippen molar-refractivity contribution in [2.45, 2.75) is 78.5 Å². The van der Waals surface area contributed by atoms with Crippen LogP contribution in [0.3, 0.4) is 0 Å². The first kappa shape index (κ1) is 14.3. The summed E-state index contributed by atoms with van der Waals surface area (Å²) in [6, 6.07) is 1.39. The fourth-order valence-corrected chi connectivity index (χ4v) is 3.64. The highest BCUT2D eigenvalue weighted by molar-refractivity contribution is 5.04. The molecule has 0 aromatic carbocycles. The van der Waals surface area contributed by atoms with Crippen molar-refractivity contribution < 1.29 is 4.74 Å². The summed E-state index contributed by atoms with van der Waals surface area (Å²) in [6.07, 6.45) is 5.76. The number of rotatable bonds is 4. The summed E-state index contributed by atoms with van der Waals surface area (Å²) >= 11 is 0. The fourth-order valence-electron chi connectivity index (χ4n) is 3.64. The predicted molar refractivity (Wildman–Crippen MR) is 76.7 cm³/mol. The zero-order chi connectivity index (χ0) is 13.3. The molecule has 0 spiro atoms. The van der Waals surface area contributed by atoms with E-state index in [4.69, 9.17) is 4.74 Å². The first-order valence-corrected chi connectivity index (χ1v) is 7.82.